The zero-order valence-electron chi connectivity index (χ0n) is 12.5. The number of nitrogens with one attached hydrogen (secondary N) is 1. The summed E-state index contributed by atoms with van der Waals surface area (Å²) in [7, 11) is 0. The molecule has 1 amide bonds. The number of hydrogen-bond donors (Lipinski definition) is 1. The summed E-state index contributed by atoms with van der Waals surface area (Å²) in [6.45, 7) is 1.57. The molecule has 1 N–H and O–H groups in total. The maximum absolute atomic E-state index is 12.5. The number of amides is 1. The van der Waals surface area contributed by atoms with Crippen molar-refractivity contribution in [1.82, 2.24) is 20.0 Å². The van der Waals surface area contributed by atoms with Crippen LogP contribution in [-0.2, 0) is 6.18 Å². The largest absolute Gasteiger partial charge is 0.445 e. The van der Waals surface area contributed by atoms with Crippen molar-refractivity contribution >= 4 is 34.0 Å². The van der Waals surface area contributed by atoms with E-state index in [9.17, 15) is 18.0 Å². The zero-order chi connectivity index (χ0) is 18.2. The normalized spacial score (nSPS) is 11.6. The summed E-state index contributed by atoms with van der Waals surface area (Å²) in [5.41, 5.74) is 1.02. The van der Waals surface area contributed by atoms with Crippen molar-refractivity contribution in [3.05, 3.63) is 51.7 Å². The number of carbonyl (C=O) groups excluding carboxylic acids is 1. The molecule has 2 heterocycles. The fraction of sp³-hybridized carbons (Fsp3) is 0.143. The third kappa shape index (κ3) is 3.49. The molecule has 0 aliphatic heterocycles. The molecule has 3 rings (SSSR count). The third-order valence-corrected chi connectivity index (χ3v) is 4.35. The zero-order valence-corrected chi connectivity index (χ0v) is 14.1. The van der Waals surface area contributed by atoms with Crippen LogP contribution in [0.1, 0.15) is 21.1 Å². The van der Waals surface area contributed by atoms with Gasteiger partial charge in [-0.2, -0.15) is 18.3 Å². The fourth-order valence-electron chi connectivity index (χ4n) is 2.05. The first-order chi connectivity index (χ1) is 11.8. The first-order valence-electron chi connectivity index (χ1n) is 6.80. The minimum absolute atomic E-state index is 0.0433. The van der Waals surface area contributed by atoms with Crippen LogP contribution < -0.4 is 5.32 Å². The van der Waals surface area contributed by atoms with Gasteiger partial charge in [-0.25, -0.2) is 4.68 Å². The lowest BCUT2D eigenvalue weighted by atomic mass is 10.2. The number of para-hydroxylation sites is 1. The molecular formula is C14H9ClF3N5OS. The Bertz CT molecular complexity index is 922. The first-order valence-corrected chi connectivity index (χ1v) is 7.99. The summed E-state index contributed by atoms with van der Waals surface area (Å²) in [6.07, 6.45) is -4.62. The molecule has 0 saturated carbocycles. The molecular weight excluding hydrogens is 379 g/mol. The predicted octanol–water partition coefficient (Wildman–Crippen LogP) is 3.96. The van der Waals surface area contributed by atoms with Gasteiger partial charge in [-0.1, -0.05) is 41.1 Å². The Morgan fingerprint density at radius 1 is 1.24 bits per heavy atom. The van der Waals surface area contributed by atoms with Gasteiger partial charge < -0.3 is 0 Å². The molecule has 130 valence electrons. The predicted molar refractivity (Wildman–Crippen MR) is 86.2 cm³/mol. The monoisotopic (exact) mass is 387 g/mol. The summed E-state index contributed by atoms with van der Waals surface area (Å²) < 4.78 is 39.0. The Balaban J connectivity index is 1.88. The van der Waals surface area contributed by atoms with Gasteiger partial charge in [0, 0.05) is 0 Å². The van der Waals surface area contributed by atoms with Crippen molar-refractivity contribution in [2.75, 3.05) is 5.32 Å². The van der Waals surface area contributed by atoms with E-state index in [-0.39, 0.29) is 27.2 Å². The van der Waals surface area contributed by atoms with Crippen LogP contribution in [0.15, 0.2) is 30.3 Å². The number of benzene rings is 1. The Morgan fingerprint density at radius 3 is 2.52 bits per heavy atom. The van der Waals surface area contributed by atoms with Gasteiger partial charge in [-0.3, -0.25) is 10.1 Å². The second-order valence-corrected chi connectivity index (χ2v) is 6.20. The van der Waals surface area contributed by atoms with Crippen molar-refractivity contribution < 1.29 is 18.0 Å². The number of aryl methyl sites for hydroxylation is 1. The first kappa shape index (κ1) is 17.4. The molecule has 0 spiro atoms. The highest BCUT2D eigenvalue weighted by molar-refractivity contribution is 7.15. The average Bonchev–Trinajstić information content (AvgIpc) is 3.12. The lowest BCUT2D eigenvalue weighted by Crippen LogP contribution is -2.13. The van der Waals surface area contributed by atoms with Gasteiger partial charge in [-0.05, 0) is 19.1 Å². The van der Waals surface area contributed by atoms with Crippen molar-refractivity contribution in [2.24, 2.45) is 0 Å². The molecule has 0 aliphatic carbocycles. The fourth-order valence-corrected chi connectivity index (χ4v) is 3.01. The highest BCUT2D eigenvalue weighted by atomic mass is 35.5. The van der Waals surface area contributed by atoms with Gasteiger partial charge in [0.2, 0.25) is 10.1 Å². The molecule has 3 aromatic rings. The summed E-state index contributed by atoms with van der Waals surface area (Å²) in [4.78, 5) is 12.4. The van der Waals surface area contributed by atoms with Gasteiger partial charge in [-0.15, -0.1) is 10.2 Å². The van der Waals surface area contributed by atoms with E-state index in [1.165, 1.54) is 4.68 Å². The van der Waals surface area contributed by atoms with Crippen LogP contribution >= 0.6 is 22.9 Å². The Morgan fingerprint density at radius 2 is 1.92 bits per heavy atom. The molecule has 25 heavy (non-hydrogen) atoms. The molecule has 1 aromatic carbocycles. The van der Waals surface area contributed by atoms with Crippen LogP contribution in [0, 0.1) is 6.92 Å². The molecule has 0 bridgehead atoms. The second-order valence-electron chi connectivity index (χ2n) is 4.86. The van der Waals surface area contributed by atoms with Crippen LogP contribution in [0.2, 0.25) is 5.15 Å². The number of hydrogen-bond acceptors (Lipinski definition) is 5. The average molecular weight is 388 g/mol. The van der Waals surface area contributed by atoms with E-state index in [0.29, 0.717) is 11.4 Å². The SMILES string of the molecule is Cc1nn(-c2ccccc2)c(Cl)c1C(=O)Nc1nnc(C(F)(F)F)s1. The molecule has 11 heteroatoms. The summed E-state index contributed by atoms with van der Waals surface area (Å²) in [5, 5.41) is 11.4. The van der Waals surface area contributed by atoms with E-state index in [1.54, 1.807) is 31.2 Å². The summed E-state index contributed by atoms with van der Waals surface area (Å²) in [5.74, 6) is -0.713. The molecule has 0 atom stereocenters. The van der Waals surface area contributed by atoms with Crippen LogP contribution in [0.4, 0.5) is 18.3 Å². The van der Waals surface area contributed by atoms with E-state index in [1.807, 2.05) is 6.07 Å². The molecule has 0 unspecified atom stereocenters. The molecule has 0 saturated heterocycles. The van der Waals surface area contributed by atoms with E-state index in [4.69, 9.17) is 11.6 Å². The van der Waals surface area contributed by atoms with Crippen LogP contribution in [0.5, 0.6) is 0 Å². The van der Waals surface area contributed by atoms with Crippen LogP contribution in [0.25, 0.3) is 5.69 Å². The topological polar surface area (TPSA) is 72.7 Å². The van der Waals surface area contributed by atoms with Gasteiger partial charge in [0.25, 0.3) is 5.91 Å². The smallest absolute Gasteiger partial charge is 0.296 e. The molecule has 0 aliphatic rings. The number of nitrogens with zero attached hydrogens (tertiary/aromatic N) is 4. The molecule has 6 nitrogen and oxygen atoms in total. The van der Waals surface area contributed by atoms with E-state index < -0.39 is 17.1 Å². The number of aromatic nitrogens is 4. The highest BCUT2D eigenvalue weighted by Gasteiger charge is 2.36. The van der Waals surface area contributed by atoms with E-state index in [2.05, 4.69) is 20.6 Å². The Kier molecular flexibility index (Phi) is 4.48. The number of alkyl halides is 3. The quantitative estimate of drug-likeness (QED) is 0.738. The van der Waals surface area contributed by atoms with Crippen LogP contribution in [0.3, 0.4) is 0 Å². The lowest BCUT2D eigenvalue weighted by Gasteiger charge is -2.03. The lowest BCUT2D eigenvalue weighted by molar-refractivity contribution is -0.138. The maximum Gasteiger partial charge on any atom is 0.445 e. The van der Waals surface area contributed by atoms with E-state index >= 15 is 0 Å². The Labute approximate surface area is 148 Å². The Hall–Kier alpha value is -2.46. The van der Waals surface area contributed by atoms with Crippen molar-refractivity contribution in [1.29, 1.82) is 0 Å². The number of carbonyl (C=O) groups is 1. The van der Waals surface area contributed by atoms with E-state index in [0.717, 1.165) is 0 Å². The van der Waals surface area contributed by atoms with Crippen molar-refractivity contribution in [3.8, 4) is 5.69 Å². The molecule has 0 radical (unpaired) electrons. The number of rotatable bonds is 3. The minimum atomic E-state index is -4.62. The standard InChI is InChI=1S/C14H9ClF3N5OS/c1-7-9(10(15)23(22-7)8-5-3-2-4-6-8)11(24)19-13-21-20-12(25-13)14(16,17)18/h2-6H,1H3,(H,19,21,24). The number of anilines is 1. The van der Waals surface area contributed by atoms with Gasteiger partial charge in [0.15, 0.2) is 0 Å². The van der Waals surface area contributed by atoms with Crippen molar-refractivity contribution in [3.63, 3.8) is 0 Å². The van der Waals surface area contributed by atoms with Crippen LogP contribution in [-0.4, -0.2) is 25.9 Å². The molecule has 2 aromatic heterocycles. The van der Waals surface area contributed by atoms with Gasteiger partial charge >= 0.3 is 6.18 Å². The van der Waals surface area contributed by atoms with Crippen molar-refractivity contribution in [2.45, 2.75) is 13.1 Å². The molecule has 0 fully saturated rings. The van der Waals surface area contributed by atoms with Gasteiger partial charge in [0.05, 0.1) is 11.4 Å². The summed E-state index contributed by atoms with van der Waals surface area (Å²) >= 11 is 6.46. The minimum Gasteiger partial charge on any atom is -0.296 e. The second kappa shape index (κ2) is 6.45. The van der Waals surface area contributed by atoms with Gasteiger partial charge in [0.1, 0.15) is 10.7 Å². The number of halogens is 4. The summed E-state index contributed by atoms with van der Waals surface area (Å²) in [6, 6.07) is 8.88. The highest BCUT2D eigenvalue weighted by Crippen LogP contribution is 2.33. The third-order valence-electron chi connectivity index (χ3n) is 3.12. The maximum atomic E-state index is 12.5.